The summed E-state index contributed by atoms with van der Waals surface area (Å²) in [6.45, 7) is 6.39. The summed E-state index contributed by atoms with van der Waals surface area (Å²) in [5, 5.41) is 0. The van der Waals surface area contributed by atoms with Gasteiger partial charge in [0.1, 0.15) is 0 Å². The molecule has 0 radical (unpaired) electrons. The zero-order chi connectivity index (χ0) is 14.8. The molecule has 114 valence electrons. The van der Waals surface area contributed by atoms with Gasteiger partial charge in [-0.3, -0.25) is 0 Å². The molecular weight excluding hydrogens is 377 g/mol. The molecule has 0 heterocycles. The van der Waals surface area contributed by atoms with Crippen molar-refractivity contribution < 1.29 is 6.15 Å². The van der Waals surface area contributed by atoms with Gasteiger partial charge in [0.2, 0.25) is 0 Å². The third kappa shape index (κ3) is 4.91. The van der Waals surface area contributed by atoms with E-state index in [1.165, 1.54) is 9.14 Å². The molecule has 0 saturated carbocycles. The van der Waals surface area contributed by atoms with E-state index in [2.05, 4.69) is 38.3 Å². The molecular formula is C15H27NO2SSn. The molecule has 20 heavy (non-hydrogen) atoms. The Kier molecular flexibility index (Phi) is 9.20. The molecule has 2 N–H and O–H groups in total. The first-order chi connectivity index (χ1) is 9.74. The summed E-state index contributed by atoms with van der Waals surface area (Å²) >= 11 is -1.45. The maximum absolute atomic E-state index is 6.36. The molecule has 3 nitrogen and oxygen atoms in total. The summed E-state index contributed by atoms with van der Waals surface area (Å²) in [4.78, 5) is 0. The van der Waals surface area contributed by atoms with Crippen LogP contribution < -0.4 is 9.31 Å². The second kappa shape index (κ2) is 10.1. The Labute approximate surface area is 132 Å². The first-order valence-electron chi connectivity index (χ1n) is 7.29. The number of hydrogen-bond acceptors (Lipinski definition) is 4. The quantitative estimate of drug-likeness (QED) is 0.609. The van der Waals surface area contributed by atoms with Crippen LogP contribution in [0, 0.1) is 0 Å². The maximum atomic E-state index is 6.36. The van der Waals surface area contributed by atoms with Crippen LogP contribution in [0.15, 0.2) is 24.3 Å². The van der Waals surface area contributed by atoms with Crippen LogP contribution in [0.4, 0.5) is 0 Å². The number of thioether (sulfide) groups is 1. The van der Waals surface area contributed by atoms with E-state index >= 15 is 0 Å². The van der Waals surface area contributed by atoms with Crippen molar-refractivity contribution in [1.29, 1.82) is 0 Å². The van der Waals surface area contributed by atoms with E-state index in [0.717, 1.165) is 29.8 Å². The summed E-state index contributed by atoms with van der Waals surface area (Å²) in [7, 11) is 0. The van der Waals surface area contributed by atoms with Crippen LogP contribution in [-0.4, -0.2) is 42.4 Å². The van der Waals surface area contributed by atoms with E-state index in [-0.39, 0.29) is 0 Å². The van der Waals surface area contributed by atoms with E-state index in [4.69, 9.17) is 11.9 Å². The molecule has 0 aliphatic heterocycles. The zero-order valence-electron chi connectivity index (χ0n) is 12.9. The fourth-order valence-corrected chi connectivity index (χ4v) is 16.0. The van der Waals surface area contributed by atoms with Crippen LogP contribution in [0.1, 0.15) is 32.3 Å². The number of nitrogens with two attached hydrogens (primary N) is 1. The van der Waals surface area contributed by atoms with Crippen molar-refractivity contribution in [2.24, 2.45) is 5.73 Å². The van der Waals surface area contributed by atoms with E-state index in [0.29, 0.717) is 6.54 Å². The molecule has 0 saturated heterocycles. The zero-order valence-corrected chi connectivity index (χ0v) is 16.5. The molecule has 0 unspecified atom stereocenters. The molecule has 5 heteroatoms. The predicted molar refractivity (Wildman–Crippen MR) is 90.6 cm³/mol. The van der Waals surface area contributed by atoms with Gasteiger partial charge in [-0.05, 0) is 0 Å². The molecule has 1 rings (SSSR count). The second-order valence-electron chi connectivity index (χ2n) is 4.74. The van der Waals surface area contributed by atoms with Crippen LogP contribution in [-0.2, 0) is 12.7 Å². The first-order valence-corrected chi connectivity index (χ1v) is 14.5. The van der Waals surface area contributed by atoms with Crippen molar-refractivity contribution in [3.8, 4) is 0 Å². The van der Waals surface area contributed by atoms with Gasteiger partial charge in [0, 0.05) is 0 Å². The number of hydrogen-bond donors (Lipinski definition) is 1. The SMILES string of the molecule is CCC[O][Sn]([CH2]SC)([O]CCC)[c]1ccccc1CN. The fraction of sp³-hybridized carbons (Fsp3) is 0.600. The molecule has 0 aliphatic rings. The number of rotatable bonds is 10. The van der Waals surface area contributed by atoms with Crippen molar-refractivity contribution in [1.82, 2.24) is 0 Å². The van der Waals surface area contributed by atoms with Crippen LogP contribution in [0.2, 0.25) is 0 Å². The van der Waals surface area contributed by atoms with Crippen molar-refractivity contribution in [3.05, 3.63) is 29.8 Å². The molecule has 0 spiro atoms. The van der Waals surface area contributed by atoms with Crippen LogP contribution >= 0.6 is 11.8 Å². The summed E-state index contributed by atoms with van der Waals surface area (Å²) in [5.74, 6) is 0. The topological polar surface area (TPSA) is 44.5 Å². The summed E-state index contributed by atoms with van der Waals surface area (Å²) < 4.78 is 15.0. The van der Waals surface area contributed by atoms with Crippen molar-refractivity contribution in [2.45, 2.75) is 33.2 Å². The van der Waals surface area contributed by atoms with E-state index in [1.54, 1.807) is 0 Å². The monoisotopic (exact) mass is 405 g/mol. The van der Waals surface area contributed by atoms with Crippen LogP contribution in [0.25, 0.3) is 0 Å². The molecule has 0 bridgehead atoms. The Hall–Kier alpha value is 0.249. The first kappa shape index (κ1) is 18.3. The van der Waals surface area contributed by atoms with Gasteiger partial charge in [0.05, 0.1) is 0 Å². The summed E-state index contributed by atoms with van der Waals surface area (Å²) in [5.41, 5.74) is 7.10. The van der Waals surface area contributed by atoms with Gasteiger partial charge in [-0.2, -0.15) is 0 Å². The average Bonchev–Trinajstić information content (AvgIpc) is 2.50. The predicted octanol–water partition coefficient (Wildman–Crippen LogP) is 2.55. The second-order valence-corrected chi connectivity index (χ2v) is 15.6. The molecule has 0 amide bonds. The standard InChI is InChI=1S/C7H8N.2C3H7O.C2H5S.Sn/c8-6-7-4-2-1-3-5-7;2*1-2-3-4;1-3-2;/h1-4H,6,8H2;2*2-3H2,1H3;1H2,2H3;/q;2*-1;;+2. The average molecular weight is 404 g/mol. The summed E-state index contributed by atoms with van der Waals surface area (Å²) in [6.07, 6.45) is 4.17. The Balaban J connectivity index is 3.16. The Morgan fingerprint density at radius 3 is 2.20 bits per heavy atom. The van der Waals surface area contributed by atoms with Gasteiger partial charge in [-0.15, -0.1) is 0 Å². The van der Waals surface area contributed by atoms with Gasteiger partial charge < -0.3 is 0 Å². The van der Waals surface area contributed by atoms with E-state index in [9.17, 15) is 0 Å². The molecule has 0 atom stereocenters. The molecule has 1 aromatic carbocycles. The van der Waals surface area contributed by atoms with Gasteiger partial charge in [0.15, 0.2) is 0 Å². The Bertz CT molecular complexity index is 382. The Morgan fingerprint density at radius 1 is 1.10 bits per heavy atom. The van der Waals surface area contributed by atoms with Crippen molar-refractivity contribution >= 4 is 34.5 Å². The fourth-order valence-electron chi connectivity index (χ4n) is 2.15. The van der Waals surface area contributed by atoms with Gasteiger partial charge in [0.25, 0.3) is 0 Å². The molecule has 1 aromatic rings. The normalized spacial score (nSPS) is 11.8. The van der Waals surface area contributed by atoms with Crippen LogP contribution in [0.5, 0.6) is 0 Å². The Morgan fingerprint density at radius 2 is 1.70 bits per heavy atom. The summed E-state index contributed by atoms with van der Waals surface area (Å²) in [6, 6.07) is 8.39. The minimum absolute atomic E-state index is 0.550. The van der Waals surface area contributed by atoms with Gasteiger partial charge in [-0.1, -0.05) is 0 Å². The molecule has 0 aromatic heterocycles. The van der Waals surface area contributed by atoms with Crippen LogP contribution in [0.3, 0.4) is 0 Å². The van der Waals surface area contributed by atoms with E-state index in [1.807, 2.05) is 17.8 Å². The van der Waals surface area contributed by atoms with Gasteiger partial charge in [-0.25, -0.2) is 0 Å². The third-order valence-corrected chi connectivity index (χ3v) is 17.0. The van der Waals surface area contributed by atoms with E-state index < -0.39 is 19.2 Å². The minimum atomic E-state index is -3.28. The third-order valence-electron chi connectivity index (χ3n) is 3.06. The van der Waals surface area contributed by atoms with Crippen molar-refractivity contribution in [2.75, 3.05) is 23.2 Å². The van der Waals surface area contributed by atoms with Crippen molar-refractivity contribution in [3.63, 3.8) is 0 Å². The molecule has 0 fully saturated rings. The van der Waals surface area contributed by atoms with Gasteiger partial charge >= 0.3 is 133 Å². The number of benzene rings is 1. The molecule has 0 aliphatic carbocycles.